The Morgan fingerprint density at radius 3 is 2.33 bits per heavy atom. The smallest absolute Gasteiger partial charge is 0.254 e. The van der Waals surface area contributed by atoms with Crippen LogP contribution >= 0.6 is 0 Å². The van der Waals surface area contributed by atoms with Crippen LogP contribution in [0.4, 0.5) is 0 Å². The number of rotatable bonds is 6. The highest BCUT2D eigenvalue weighted by Gasteiger charge is 2.24. The van der Waals surface area contributed by atoms with Crippen molar-refractivity contribution in [1.82, 2.24) is 9.80 Å². The Hall–Kier alpha value is -3.02. The Labute approximate surface area is 159 Å². The van der Waals surface area contributed by atoms with Gasteiger partial charge in [0.1, 0.15) is 11.5 Å². The second kappa shape index (κ2) is 9.07. The molecule has 0 atom stereocenters. The molecule has 0 unspecified atom stereocenters. The van der Waals surface area contributed by atoms with E-state index >= 15 is 0 Å². The molecule has 6 heteroatoms. The van der Waals surface area contributed by atoms with Crippen LogP contribution in [0.1, 0.15) is 23.2 Å². The third-order valence-electron chi connectivity index (χ3n) is 4.56. The lowest BCUT2D eigenvalue weighted by Gasteiger charge is -2.35. The number of phenols is 1. The van der Waals surface area contributed by atoms with Gasteiger partial charge in [-0.3, -0.25) is 9.59 Å². The Morgan fingerprint density at radius 2 is 1.63 bits per heavy atom. The largest absolute Gasteiger partial charge is 0.508 e. The summed E-state index contributed by atoms with van der Waals surface area (Å²) in [7, 11) is 0. The number of hydrogen-bond acceptors (Lipinski definition) is 4. The van der Waals surface area contributed by atoms with Crippen LogP contribution in [-0.2, 0) is 4.79 Å². The Bertz CT molecular complexity index is 771. The number of amides is 2. The number of nitrogens with zero attached hydrogens (tertiary/aromatic N) is 2. The van der Waals surface area contributed by atoms with Crippen LogP contribution in [0.15, 0.2) is 54.6 Å². The van der Waals surface area contributed by atoms with Crippen LogP contribution in [0.2, 0.25) is 0 Å². The summed E-state index contributed by atoms with van der Waals surface area (Å²) in [5, 5.41) is 9.52. The quantitative estimate of drug-likeness (QED) is 0.796. The van der Waals surface area contributed by atoms with E-state index < -0.39 is 0 Å². The van der Waals surface area contributed by atoms with Crippen molar-refractivity contribution in [2.75, 3.05) is 32.8 Å². The van der Waals surface area contributed by atoms with E-state index in [2.05, 4.69) is 0 Å². The lowest BCUT2D eigenvalue weighted by atomic mass is 10.1. The molecule has 2 amide bonds. The standard InChI is InChI=1S/C21H24N2O4/c24-18-7-4-6-17(16-18)21(26)23-13-11-22(12-14-23)20(25)10-5-15-27-19-8-2-1-3-9-19/h1-4,6-9,16,24H,5,10-15H2. The van der Waals surface area contributed by atoms with Crippen molar-refractivity contribution in [3.05, 3.63) is 60.2 Å². The Kier molecular flexibility index (Phi) is 6.30. The van der Waals surface area contributed by atoms with Gasteiger partial charge in [0.15, 0.2) is 0 Å². The topological polar surface area (TPSA) is 70.1 Å². The average molecular weight is 368 g/mol. The third kappa shape index (κ3) is 5.23. The van der Waals surface area contributed by atoms with E-state index in [1.54, 1.807) is 21.9 Å². The molecule has 0 radical (unpaired) electrons. The maximum atomic E-state index is 12.5. The van der Waals surface area contributed by atoms with E-state index in [0.29, 0.717) is 51.2 Å². The van der Waals surface area contributed by atoms with Gasteiger partial charge in [0.25, 0.3) is 5.91 Å². The molecule has 27 heavy (non-hydrogen) atoms. The molecule has 0 saturated carbocycles. The van der Waals surface area contributed by atoms with Gasteiger partial charge in [0.2, 0.25) is 5.91 Å². The second-order valence-corrected chi connectivity index (χ2v) is 6.49. The normalized spacial score (nSPS) is 14.1. The van der Waals surface area contributed by atoms with Crippen LogP contribution < -0.4 is 4.74 Å². The summed E-state index contributed by atoms with van der Waals surface area (Å²) < 4.78 is 5.61. The maximum Gasteiger partial charge on any atom is 0.254 e. The molecule has 0 bridgehead atoms. The maximum absolute atomic E-state index is 12.5. The molecular formula is C21H24N2O4. The summed E-state index contributed by atoms with van der Waals surface area (Å²) in [4.78, 5) is 28.3. The molecule has 142 valence electrons. The van der Waals surface area contributed by atoms with E-state index in [1.165, 1.54) is 12.1 Å². The number of para-hydroxylation sites is 1. The lowest BCUT2D eigenvalue weighted by Crippen LogP contribution is -2.50. The molecule has 0 aliphatic carbocycles. The molecule has 2 aromatic carbocycles. The summed E-state index contributed by atoms with van der Waals surface area (Å²) in [6.07, 6.45) is 1.10. The zero-order valence-corrected chi connectivity index (χ0v) is 15.2. The van der Waals surface area contributed by atoms with Crippen LogP contribution in [0.3, 0.4) is 0 Å². The molecule has 6 nitrogen and oxygen atoms in total. The minimum atomic E-state index is -0.116. The number of benzene rings is 2. The third-order valence-corrected chi connectivity index (χ3v) is 4.56. The first kappa shape index (κ1) is 18.8. The lowest BCUT2D eigenvalue weighted by molar-refractivity contribution is -0.132. The zero-order valence-electron chi connectivity index (χ0n) is 15.2. The van der Waals surface area contributed by atoms with Gasteiger partial charge >= 0.3 is 0 Å². The van der Waals surface area contributed by atoms with Crippen LogP contribution in [0, 0.1) is 0 Å². The van der Waals surface area contributed by atoms with Crippen molar-refractivity contribution in [2.45, 2.75) is 12.8 Å². The molecule has 0 spiro atoms. The van der Waals surface area contributed by atoms with Crippen LogP contribution in [-0.4, -0.2) is 59.5 Å². The van der Waals surface area contributed by atoms with E-state index in [0.717, 1.165) is 5.75 Å². The number of piperazine rings is 1. The predicted molar refractivity (Wildman–Crippen MR) is 102 cm³/mol. The number of aromatic hydroxyl groups is 1. The van der Waals surface area contributed by atoms with Crippen LogP contribution in [0.25, 0.3) is 0 Å². The van der Waals surface area contributed by atoms with Gasteiger partial charge in [-0.25, -0.2) is 0 Å². The number of hydrogen-bond donors (Lipinski definition) is 1. The van der Waals surface area contributed by atoms with Gasteiger partial charge in [0, 0.05) is 38.2 Å². The van der Waals surface area contributed by atoms with E-state index in [1.807, 2.05) is 30.3 Å². The molecule has 1 saturated heterocycles. The number of phenolic OH excluding ortho intramolecular Hbond substituents is 1. The number of ether oxygens (including phenoxy) is 1. The number of carbonyl (C=O) groups excluding carboxylic acids is 2. The average Bonchev–Trinajstić information content (AvgIpc) is 2.71. The summed E-state index contributed by atoms with van der Waals surface area (Å²) in [5.74, 6) is 0.863. The molecule has 2 aromatic rings. The van der Waals surface area contributed by atoms with Gasteiger partial charge in [-0.1, -0.05) is 24.3 Å². The minimum Gasteiger partial charge on any atom is -0.508 e. The second-order valence-electron chi connectivity index (χ2n) is 6.49. The van der Waals surface area contributed by atoms with E-state index in [4.69, 9.17) is 4.74 Å². The Morgan fingerprint density at radius 1 is 0.926 bits per heavy atom. The summed E-state index contributed by atoms with van der Waals surface area (Å²) in [6, 6.07) is 15.9. The predicted octanol–water partition coefficient (Wildman–Crippen LogP) is 2.54. The van der Waals surface area contributed by atoms with Crippen molar-refractivity contribution < 1.29 is 19.4 Å². The van der Waals surface area contributed by atoms with E-state index in [-0.39, 0.29) is 17.6 Å². The molecule has 0 aromatic heterocycles. The summed E-state index contributed by atoms with van der Waals surface area (Å²) >= 11 is 0. The molecular weight excluding hydrogens is 344 g/mol. The summed E-state index contributed by atoms with van der Waals surface area (Å²) in [6.45, 7) is 2.57. The molecule has 1 heterocycles. The monoisotopic (exact) mass is 368 g/mol. The fourth-order valence-electron chi connectivity index (χ4n) is 3.07. The highest BCUT2D eigenvalue weighted by atomic mass is 16.5. The minimum absolute atomic E-state index is 0.0763. The fourth-order valence-corrected chi connectivity index (χ4v) is 3.07. The first-order chi connectivity index (χ1) is 13.1. The zero-order chi connectivity index (χ0) is 19.1. The number of carbonyl (C=O) groups is 2. The van der Waals surface area contributed by atoms with Gasteiger partial charge in [-0.05, 0) is 36.8 Å². The molecule has 1 N–H and O–H groups in total. The van der Waals surface area contributed by atoms with Crippen molar-refractivity contribution in [2.24, 2.45) is 0 Å². The van der Waals surface area contributed by atoms with Gasteiger partial charge in [0.05, 0.1) is 6.61 Å². The molecule has 1 aliphatic rings. The van der Waals surface area contributed by atoms with Gasteiger partial charge in [-0.15, -0.1) is 0 Å². The molecule has 3 rings (SSSR count). The van der Waals surface area contributed by atoms with Crippen LogP contribution in [0.5, 0.6) is 11.5 Å². The van der Waals surface area contributed by atoms with Crippen molar-refractivity contribution in [3.63, 3.8) is 0 Å². The SMILES string of the molecule is O=C(CCCOc1ccccc1)N1CCN(C(=O)c2cccc(O)c2)CC1. The fraction of sp³-hybridized carbons (Fsp3) is 0.333. The van der Waals surface area contributed by atoms with Gasteiger partial charge < -0.3 is 19.6 Å². The molecule has 1 fully saturated rings. The Balaban J connectivity index is 1.39. The summed E-state index contributed by atoms with van der Waals surface area (Å²) in [5.41, 5.74) is 0.466. The highest BCUT2D eigenvalue weighted by molar-refractivity contribution is 5.94. The highest BCUT2D eigenvalue weighted by Crippen LogP contribution is 2.15. The first-order valence-corrected chi connectivity index (χ1v) is 9.17. The van der Waals surface area contributed by atoms with Crippen molar-refractivity contribution in [3.8, 4) is 11.5 Å². The van der Waals surface area contributed by atoms with E-state index in [9.17, 15) is 14.7 Å². The molecule has 1 aliphatic heterocycles. The van der Waals surface area contributed by atoms with Crippen molar-refractivity contribution in [1.29, 1.82) is 0 Å². The van der Waals surface area contributed by atoms with Crippen molar-refractivity contribution >= 4 is 11.8 Å². The van der Waals surface area contributed by atoms with Gasteiger partial charge in [-0.2, -0.15) is 0 Å². The first-order valence-electron chi connectivity index (χ1n) is 9.17.